The van der Waals surface area contributed by atoms with Crippen LogP contribution in [0.2, 0.25) is 0 Å². The highest BCUT2D eigenvalue weighted by atomic mass is 16.6. The number of benzene rings is 1. The van der Waals surface area contributed by atoms with Gasteiger partial charge in [-0.1, -0.05) is 6.07 Å². The van der Waals surface area contributed by atoms with E-state index in [2.05, 4.69) is 16.6 Å². The van der Waals surface area contributed by atoms with Gasteiger partial charge in [0.05, 0.1) is 11.5 Å². The molecule has 0 unspecified atom stereocenters. The quantitative estimate of drug-likeness (QED) is 0.338. The van der Waals surface area contributed by atoms with Crippen LogP contribution in [0.15, 0.2) is 18.2 Å². The molecular weight excluding hydrogens is 222 g/mol. The maximum absolute atomic E-state index is 11.0. The predicted molar refractivity (Wildman–Crippen MR) is 61.3 cm³/mol. The Morgan fingerprint density at radius 2 is 2.24 bits per heavy atom. The zero-order valence-electron chi connectivity index (χ0n) is 9.52. The Labute approximate surface area is 98.5 Å². The molecule has 88 valence electrons. The van der Waals surface area contributed by atoms with Crippen molar-refractivity contribution < 1.29 is 14.5 Å². The Morgan fingerprint density at radius 3 is 2.82 bits per heavy atom. The molecule has 0 N–H and O–H groups in total. The van der Waals surface area contributed by atoms with Crippen LogP contribution < -0.4 is 0 Å². The van der Waals surface area contributed by atoms with Crippen molar-refractivity contribution in [2.24, 2.45) is 0 Å². The van der Waals surface area contributed by atoms with Crippen LogP contribution in [0.1, 0.15) is 18.1 Å². The minimum absolute atomic E-state index is 0.118. The summed E-state index contributed by atoms with van der Waals surface area (Å²) in [4.78, 5) is 21.2. The number of ether oxygens (including phenoxy) is 1. The summed E-state index contributed by atoms with van der Waals surface area (Å²) in [7, 11) is 0. The molecule has 0 bridgehead atoms. The number of nitro groups is 1. The lowest BCUT2D eigenvalue weighted by molar-refractivity contribution is -0.385. The zero-order chi connectivity index (χ0) is 12.8. The molecule has 0 aromatic heterocycles. The fraction of sp³-hybridized carbons (Fsp3) is 0.250. The summed E-state index contributed by atoms with van der Waals surface area (Å²) < 4.78 is 4.61. The van der Waals surface area contributed by atoms with Crippen LogP contribution in [0.4, 0.5) is 5.69 Å². The molecule has 0 atom stereocenters. The lowest BCUT2D eigenvalue weighted by Crippen LogP contribution is -2.00. The summed E-state index contributed by atoms with van der Waals surface area (Å²) in [6.07, 6.45) is 0. The van der Waals surface area contributed by atoms with Gasteiger partial charge in [-0.3, -0.25) is 10.1 Å². The Hall–Kier alpha value is -2.35. The molecule has 1 aromatic rings. The number of rotatable bonds is 2. The fourth-order valence-corrected chi connectivity index (χ4v) is 1.19. The van der Waals surface area contributed by atoms with Gasteiger partial charge in [0.2, 0.25) is 0 Å². The Kier molecular flexibility index (Phi) is 4.23. The predicted octanol–water partition coefficient (Wildman–Crippen LogP) is 1.82. The maximum Gasteiger partial charge on any atom is 0.384 e. The van der Waals surface area contributed by atoms with Gasteiger partial charge >= 0.3 is 5.97 Å². The van der Waals surface area contributed by atoms with Crippen LogP contribution >= 0.6 is 0 Å². The molecule has 0 radical (unpaired) electrons. The number of hydrogen-bond donors (Lipinski definition) is 0. The van der Waals surface area contributed by atoms with E-state index < -0.39 is 10.9 Å². The summed E-state index contributed by atoms with van der Waals surface area (Å²) in [5.74, 6) is 3.97. The number of nitrogens with zero attached hydrogens (tertiary/aromatic N) is 1. The summed E-state index contributed by atoms with van der Waals surface area (Å²) in [6.45, 7) is 3.68. The third-order valence-corrected chi connectivity index (χ3v) is 1.92. The molecule has 0 saturated heterocycles. The smallest absolute Gasteiger partial charge is 0.384 e. The average Bonchev–Trinajstić information content (AvgIpc) is 2.26. The third kappa shape index (κ3) is 3.61. The minimum atomic E-state index is -0.691. The zero-order valence-corrected chi connectivity index (χ0v) is 9.52. The molecule has 5 heteroatoms. The van der Waals surface area contributed by atoms with Crippen molar-refractivity contribution in [3.63, 3.8) is 0 Å². The Morgan fingerprint density at radius 1 is 1.53 bits per heavy atom. The second-order valence-corrected chi connectivity index (χ2v) is 3.25. The third-order valence-electron chi connectivity index (χ3n) is 1.92. The van der Waals surface area contributed by atoms with Gasteiger partial charge in [0.25, 0.3) is 5.69 Å². The van der Waals surface area contributed by atoms with Gasteiger partial charge in [-0.15, -0.1) is 0 Å². The fourth-order valence-electron chi connectivity index (χ4n) is 1.19. The van der Waals surface area contributed by atoms with Crippen molar-refractivity contribution in [3.8, 4) is 11.8 Å². The highest BCUT2D eigenvalue weighted by Crippen LogP contribution is 2.18. The first-order valence-electron chi connectivity index (χ1n) is 4.98. The topological polar surface area (TPSA) is 69.4 Å². The first kappa shape index (κ1) is 12.7. The largest absolute Gasteiger partial charge is 0.456 e. The van der Waals surface area contributed by atoms with Crippen LogP contribution in [-0.2, 0) is 9.53 Å². The minimum Gasteiger partial charge on any atom is -0.456 e. The van der Waals surface area contributed by atoms with Crippen molar-refractivity contribution >= 4 is 11.7 Å². The molecule has 0 fully saturated rings. The van der Waals surface area contributed by atoms with E-state index in [0.29, 0.717) is 0 Å². The normalized spacial score (nSPS) is 9.06. The van der Waals surface area contributed by atoms with Crippen molar-refractivity contribution in [2.75, 3.05) is 6.61 Å². The van der Waals surface area contributed by atoms with Gasteiger partial charge in [-0.2, -0.15) is 0 Å². The van der Waals surface area contributed by atoms with Crippen molar-refractivity contribution in [1.29, 1.82) is 0 Å². The summed E-state index contributed by atoms with van der Waals surface area (Å²) >= 11 is 0. The van der Waals surface area contributed by atoms with E-state index in [1.54, 1.807) is 26.0 Å². The second kappa shape index (κ2) is 5.66. The maximum atomic E-state index is 11.0. The number of carbonyl (C=O) groups excluding carboxylic acids is 1. The molecule has 1 rings (SSSR count). The van der Waals surface area contributed by atoms with Gasteiger partial charge in [0.15, 0.2) is 0 Å². The molecule has 5 nitrogen and oxygen atoms in total. The van der Waals surface area contributed by atoms with E-state index in [9.17, 15) is 14.9 Å². The summed E-state index contributed by atoms with van der Waals surface area (Å²) in [5.41, 5.74) is 0.930. The van der Waals surface area contributed by atoms with Gasteiger partial charge in [0, 0.05) is 12.0 Å². The number of hydrogen-bond acceptors (Lipinski definition) is 4. The van der Waals surface area contributed by atoms with E-state index in [-0.39, 0.29) is 17.9 Å². The summed E-state index contributed by atoms with van der Waals surface area (Å²) in [5, 5.41) is 10.7. The van der Waals surface area contributed by atoms with Crippen molar-refractivity contribution in [3.05, 3.63) is 39.4 Å². The first-order valence-corrected chi connectivity index (χ1v) is 4.98. The molecule has 0 aliphatic heterocycles. The number of carbonyl (C=O) groups is 1. The molecule has 0 saturated carbocycles. The number of esters is 1. The van der Waals surface area contributed by atoms with Crippen molar-refractivity contribution in [2.45, 2.75) is 13.8 Å². The van der Waals surface area contributed by atoms with Crippen molar-refractivity contribution in [1.82, 2.24) is 0 Å². The molecule has 0 amide bonds. The standard InChI is InChI=1S/C12H11NO4/c1-3-17-12(14)7-5-10-8-9(2)4-6-11(10)13(15)16/h4,6,8H,3H2,1-2H3. The van der Waals surface area contributed by atoms with Crippen LogP contribution in [-0.4, -0.2) is 17.5 Å². The Bertz CT molecular complexity index is 511. The molecular formula is C12H11NO4. The lowest BCUT2D eigenvalue weighted by Gasteiger charge is -1.97. The van der Waals surface area contributed by atoms with Gasteiger partial charge in [0.1, 0.15) is 5.56 Å². The average molecular weight is 233 g/mol. The van der Waals surface area contributed by atoms with E-state index >= 15 is 0 Å². The monoisotopic (exact) mass is 233 g/mol. The van der Waals surface area contributed by atoms with Crippen LogP contribution in [0, 0.1) is 28.9 Å². The molecule has 1 aromatic carbocycles. The highest BCUT2D eigenvalue weighted by molar-refractivity contribution is 5.89. The SMILES string of the molecule is CCOC(=O)C#Cc1cc(C)ccc1[N+](=O)[O-]. The highest BCUT2D eigenvalue weighted by Gasteiger charge is 2.11. The molecule has 0 heterocycles. The number of nitro benzene ring substituents is 1. The van der Waals surface area contributed by atoms with Crippen LogP contribution in [0.5, 0.6) is 0 Å². The molecule has 0 aliphatic rings. The second-order valence-electron chi connectivity index (χ2n) is 3.25. The number of aryl methyl sites for hydroxylation is 1. The van der Waals surface area contributed by atoms with Crippen LogP contribution in [0.25, 0.3) is 0 Å². The van der Waals surface area contributed by atoms with E-state index in [1.807, 2.05) is 0 Å². The van der Waals surface area contributed by atoms with E-state index in [0.717, 1.165) is 5.56 Å². The van der Waals surface area contributed by atoms with Gasteiger partial charge < -0.3 is 4.74 Å². The molecule has 17 heavy (non-hydrogen) atoms. The molecule has 0 spiro atoms. The van der Waals surface area contributed by atoms with Crippen LogP contribution in [0.3, 0.4) is 0 Å². The Balaban J connectivity index is 3.08. The van der Waals surface area contributed by atoms with Gasteiger partial charge in [-0.25, -0.2) is 4.79 Å². The van der Waals surface area contributed by atoms with Gasteiger partial charge in [-0.05, 0) is 31.4 Å². The summed E-state index contributed by atoms with van der Waals surface area (Å²) in [6, 6.07) is 4.54. The van der Waals surface area contributed by atoms with E-state index in [1.165, 1.54) is 6.07 Å². The van der Waals surface area contributed by atoms with E-state index in [4.69, 9.17) is 0 Å². The lowest BCUT2D eigenvalue weighted by atomic mass is 10.1. The first-order chi connectivity index (χ1) is 8.04. The molecule has 0 aliphatic carbocycles.